The monoisotopic (exact) mass is 221 g/mol. The molecule has 0 saturated heterocycles. The maximum atomic E-state index is 11.3. The number of carboxylic acid groups (broad SMARTS) is 1. The van der Waals surface area contributed by atoms with E-state index >= 15 is 0 Å². The maximum absolute atomic E-state index is 11.3. The predicted octanol–water partition coefficient (Wildman–Crippen LogP) is -0.374. The summed E-state index contributed by atoms with van der Waals surface area (Å²) in [5.41, 5.74) is 0. The topological polar surface area (TPSA) is 83.5 Å². The highest BCUT2D eigenvalue weighted by Crippen LogP contribution is 2.24. The number of hydrogen-bond acceptors (Lipinski definition) is 4. The Hall–Kier alpha value is -0.620. The van der Waals surface area contributed by atoms with E-state index in [0.717, 1.165) is 12.8 Å². The summed E-state index contributed by atoms with van der Waals surface area (Å²) in [4.78, 5) is 10.3. The van der Waals surface area contributed by atoms with Crippen LogP contribution in [0, 0.1) is 0 Å². The minimum Gasteiger partial charge on any atom is -0.480 e. The van der Waals surface area contributed by atoms with Gasteiger partial charge in [-0.2, -0.15) is 0 Å². The number of hydrogen-bond donors (Lipinski definition) is 2. The molecule has 2 unspecified atom stereocenters. The van der Waals surface area contributed by atoms with Crippen molar-refractivity contribution >= 4 is 15.8 Å². The van der Waals surface area contributed by atoms with Crippen LogP contribution in [-0.2, 0) is 14.6 Å². The summed E-state index contributed by atoms with van der Waals surface area (Å²) in [6.07, 6.45) is 3.43. The fourth-order valence-electron chi connectivity index (χ4n) is 1.89. The SMILES string of the molecule is CS(=O)(=O)C1CCCC1NCC(=O)O. The summed E-state index contributed by atoms with van der Waals surface area (Å²) in [6.45, 7) is -0.170. The van der Waals surface area contributed by atoms with Gasteiger partial charge >= 0.3 is 5.97 Å². The van der Waals surface area contributed by atoms with E-state index in [-0.39, 0.29) is 12.6 Å². The molecule has 82 valence electrons. The van der Waals surface area contributed by atoms with Crippen molar-refractivity contribution in [1.29, 1.82) is 0 Å². The van der Waals surface area contributed by atoms with Crippen molar-refractivity contribution in [3.8, 4) is 0 Å². The Kier molecular flexibility index (Phi) is 3.49. The average Bonchev–Trinajstić information content (AvgIpc) is 2.46. The molecule has 0 spiro atoms. The summed E-state index contributed by atoms with van der Waals surface area (Å²) >= 11 is 0. The van der Waals surface area contributed by atoms with Gasteiger partial charge in [0.2, 0.25) is 0 Å². The number of aliphatic carboxylic acids is 1. The first kappa shape index (κ1) is 11.5. The lowest BCUT2D eigenvalue weighted by atomic mass is 10.2. The molecule has 0 aliphatic heterocycles. The second-order valence-corrected chi connectivity index (χ2v) is 5.94. The van der Waals surface area contributed by atoms with E-state index in [4.69, 9.17) is 5.11 Å². The number of carbonyl (C=O) groups is 1. The van der Waals surface area contributed by atoms with Crippen LogP contribution in [-0.4, -0.2) is 43.6 Å². The Morgan fingerprint density at radius 1 is 1.50 bits per heavy atom. The van der Waals surface area contributed by atoms with Crippen molar-refractivity contribution in [1.82, 2.24) is 5.32 Å². The number of nitrogens with one attached hydrogen (secondary N) is 1. The molecule has 0 aromatic rings. The van der Waals surface area contributed by atoms with Crippen LogP contribution in [0.3, 0.4) is 0 Å². The highest BCUT2D eigenvalue weighted by Gasteiger charge is 2.34. The molecule has 14 heavy (non-hydrogen) atoms. The normalized spacial score (nSPS) is 27.8. The summed E-state index contributed by atoms with van der Waals surface area (Å²) in [7, 11) is -3.06. The molecule has 1 saturated carbocycles. The minimum absolute atomic E-state index is 0.170. The van der Waals surface area contributed by atoms with Gasteiger partial charge < -0.3 is 10.4 Å². The van der Waals surface area contributed by atoms with Crippen LogP contribution < -0.4 is 5.32 Å². The molecule has 1 rings (SSSR count). The van der Waals surface area contributed by atoms with Gasteiger partial charge in [0.05, 0.1) is 11.8 Å². The van der Waals surface area contributed by atoms with Crippen molar-refractivity contribution in [2.45, 2.75) is 30.6 Å². The summed E-state index contributed by atoms with van der Waals surface area (Å²) in [6, 6.07) is -0.193. The Morgan fingerprint density at radius 3 is 2.64 bits per heavy atom. The Bertz CT molecular complexity index is 311. The van der Waals surface area contributed by atoms with Gasteiger partial charge in [0.25, 0.3) is 0 Å². The van der Waals surface area contributed by atoms with E-state index < -0.39 is 21.1 Å². The molecule has 0 aromatic carbocycles. The first-order valence-electron chi connectivity index (χ1n) is 4.55. The lowest BCUT2D eigenvalue weighted by molar-refractivity contribution is -0.136. The third-order valence-electron chi connectivity index (χ3n) is 2.52. The molecule has 0 aromatic heterocycles. The molecule has 0 radical (unpaired) electrons. The summed E-state index contributed by atoms with van der Waals surface area (Å²) < 4.78 is 22.6. The lowest BCUT2D eigenvalue weighted by Gasteiger charge is -2.18. The molecular weight excluding hydrogens is 206 g/mol. The van der Waals surface area contributed by atoms with Gasteiger partial charge in [-0.05, 0) is 12.8 Å². The van der Waals surface area contributed by atoms with E-state index in [1.807, 2.05) is 0 Å². The molecule has 2 atom stereocenters. The van der Waals surface area contributed by atoms with Crippen molar-refractivity contribution in [3.05, 3.63) is 0 Å². The van der Waals surface area contributed by atoms with Crippen molar-refractivity contribution in [2.75, 3.05) is 12.8 Å². The van der Waals surface area contributed by atoms with Crippen LogP contribution >= 0.6 is 0 Å². The molecule has 5 nitrogen and oxygen atoms in total. The minimum atomic E-state index is -3.06. The number of carboxylic acids is 1. The quantitative estimate of drug-likeness (QED) is 0.676. The zero-order valence-corrected chi connectivity index (χ0v) is 8.88. The zero-order valence-electron chi connectivity index (χ0n) is 8.06. The standard InChI is InChI=1S/C8H15NO4S/c1-14(12,13)7-4-2-3-6(7)9-5-8(10)11/h6-7,9H,2-5H2,1H3,(H,10,11). The molecule has 2 N–H and O–H groups in total. The summed E-state index contributed by atoms with van der Waals surface area (Å²) in [5, 5.41) is 10.8. The molecule has 6 heteroatoms. The summed E-state index contributed by atoms with van der Waals surface area (Å²) in [5.74, 6) is -0.954. The van der Waals surface area contributed by atoms with Crippen molar-refractivity contribution in [3.63, 3.8) is 0 Å². The predicted molar refractivity (Wildman–Crippen MR) is 51.9 cm³/mol. The van der Waals surface area contributed by atoms with Gasteiger partial charge in [-0.15, -0.1) is 0 Å². The van der Waals surface area contributed by atoms with Gasteiger partial charge in [0.15, 0.2) is 9.84 Å². The largest absolute Gasteiger partial charge is 0.480 e. The van der Waals surface area contributed by atoms with Crippen LogP contribution in [0.5, 0.6) is 0 Å². The highest BCUT2D eigenvalue weighted by molar-refractivity contribution is 7.91. The van der Waals surface area contributed by atoms with Crippen LogP contribution in [0.1, 0.15) is 19.3 Å². The van der Waals surface area contributed by atoms with Crippen LogP contribution in [0.15, 0.2) is 0 Å². The molecular formula is C8H15NO4S. The van der Waals surface area contributed by atoms with Gasteiger partial charge in [-0.1, -0.05) is 6.42 Å². The highest BCUT2D eigenvalue weighted by atomic mass is 32.2. The van der Waals surface area contributed by atoms with E-state index in [9.17, 15) is 13.2 Å². The third kappa shape index (κ3) is 2.95. The van der Waals surface area contributed by atoms with Crippen LogP contribution in [0.4, 0.5) is 0 Å². The van der Waals surface area contributed by atoms with Gasteiger partial charge in [0.1, 0.15) is 0 Å². The zero-order chi connectivity index (χ0) is 10.8. The second-order valence-electron chi connectivity index (χ2n) is 3.68. The molecule has 1 aliphatic carbocycles. The fourth-order valence-corrected chi connectivity index (χ4v) is 3.31. The Labute approximate surface area is 83.4 Å². The van der Waals surface area contributed by atoms with Crippen molar-refractivity contribution < 1.29 is 18.3 Å². The molecule has 1 fully saturated rings. The Morgan fingerprint density at radius 2 is 2.14 bits per heavy atom. The average molecular weight is 221 g/mol. The molecule has 0 heterocycles. The fraction of sp³-hybridized carbons (Fsp3) is 0.875. The Balaban J connectivity index is 2.56. The molecule has 0 amide bonds. The van der Waals surface area contributed by atoms with E-state index in [1.165, 1.54) is 6.26 Å². The van der Waals surface area contributed by atoms with E-state index in [2.05, 4.69) is 5.32 Å². The van der Waals surface area contributed by atoms with Gasteiger partial charge in [-0.3, -0.25) is 4.79 Å². The van der Waals surface area contributed by atoms with Crippen molar-refractivity contribution in [2.24, 2.45) is 0 Å². The second kappa shape index (κ2) is 4.27. The first-order chi connectivity index (χ1) is 6.41. The van der Waals surface area contributed by atoms with Gasteiger partial charge in [0, 0.05) is 12.3 Å². The third-order valence-corrected chi connectivity index (χ3v) is 4.18. The van der Waals surface area contributed by atoms with E-state index in [0.29, 0.717) is 6.42 Å². The smallest absolute Gasteiger partial charge is 0.317 e. The first-order valence-corrected chi connectivity index (χ1v) is 6.51. The molecule has 1 aliphatic rings. The van der Waals surface area contributed by atoms with Crippen LogP contribution in [0.25, 0.3) is 0 Å². The number of sulfone groups is 1. The lowest BCUT2D eigenvalue weighted by Crippen LogP contribution is -2.42. The van der Waals surface area contributed by atoms with E-state index in [1.54, 1.807) is 0 Å². The molecule has 0 bridgehead atoms. The van der Waals surface area contributed by atoms with Gasteiger partial charge in [-0.25, -0.2) is 8.42 Å². The van der Waals surface area contributed by atoms with Crippen LogP contribution in [0.2, 0.25) is 0 Å². The maximum Gasteiger partial charge on any atom is 0.317 e. The number of rotatable bonds is 4.